The lowest BCUT2D eigenvalue weighted by atomic mass is 10.1. The molecule has 0 bridgehead atoms. The highest BCUT2D eigenvalue weighted by Crippen LogP contribution is 2.30. The van der Waals surface area contributed by atoms with E-state index in [0.717, 1.165) is 0 Å². The SMILES string of the molecule is CCOc1cc(/C=C(\C#N)C(=O)NCc2ccco2)ccc1OC(=O)c1cccc(OC)c1. The van der Waals surface area contributed by atoms with Crippen LogP contribution >= 0.6 is 0 Å². The van der Waals surface area contributed by atoms with Crippen LogP contribution in [0.2, 0.25) is 0 Å². The van der Waals surface area contributed by atoms with Gasteiger partial charge in [0.15, 0.2) is 11.5 Å². The number of benzene rings is 2. The van der Waals surface area contributed by atoms with Crippen molar-refractivity contribution in [3.63, 3.8) is 0 Å². The van der Waals surface area contributed by atoms with E-state index < -0.39 is 11.9 Å². The summed E-state index contributed by atoms with van der Waals surface area (Å²) >= 11 is 0. The molecule has 0 aliphatic carbocycles. The first-order chi connectivity index (χ1) is 16.0. The second-order valence-corrected chi connectivity index (χ2v) is 6.69. The Labute approximate surface area is 191 Å². The van der Waals surface area contributed by atoms with Crippen LogP contribution in [0.5, 0.6) is 17.2 Å². The van der Waals surface area contributed by atoms with Crippen LogP contribution < -0.4 is 19.5 Å². The van der Waals surface area contributed by atoms with Crippen LogP contribution in [0.4, 0.5) is 0 Å². The van der Waals surface area contributed by atoms with Crippen molar-refractivity contribution in [1.29, 1.82) is 5.26 Å². The second kappa shape index (κ2) is 11.2. The summed E-state index contributed by atoms with van der Waals surface area (Å²) in [6, 6.07) is 16.7. The van der Waals surface area contributed by atoms with Crippen molar-refractivity contribution >= 4 is 18.0 Å². The number of carbonyl (C=O) groups is 2. The molecule has 0 aliphatic rings. The first-order valence-corrected chi connectivity index (χ1v) is 10.1. The molecule has 1 aromatic heterocycles. The lowest BCUT2D eigenvalue weighted by Crippen LogP contribution is -2.23. The third-order valence-corrected chi connectivity index (χ3v) is 4.46. The summed E-state index contributed by atoms with van der Waals surface area (Å²) in [5.74, 6) is 0.498. The summed E-state index contributed by atoms with van der Waals surface area (Å²) < 4.78 is 21.4. The van der Waals surface area contributed by atoms with E-state index in [1.165, 1.54) is 19.4 Å². The van der Waals surface area contributed by atoms with Gasteiger partial charge in [0.1, 0.15) is 23.2 Å². The normalized spacial score (nSPS) is 10.8. The number of nitrogens with one attached hydrogen (secondary N) is 1. The maximum absolute atomic E-state index is 12.6. The van der Waals surface area contributed by atoms with Crippen molar-refractivity contribution in [3.8, 4) is 23.3 Å². The highest BCUT2D eigenvalue weighted by molar-refractivity contribution is 6.01. The summed E-state index contributed by atoms with van der Waals surface area (Å²) in [6.07, 6.45) is 2.92. The first-order valence-electron chi connectivity index (χ1n) is 10.1. The maximum atomic E-state index is 12.6. The van der Waals surface area contributed by atoms with Gasteiger partial charge >= 0.3 is 5.97 Å². The number of amides is 1. The van der Waals surface area contributed by atoms with Crippen molar-refractivity contribution in [2.45, 2.75) is 13.5 Å². The topological polar surface area (TPSA) is 111 Å². The van der Waals surface area contributed by atoms with Crippen LogP contribution in [0.3, 0.4) is 0 Å². The van der Waals surface area contributed by atoms with E-state index in [9.17, 15) is 14.9 Å². The highest BCUT2D eigenvalue weighted by Gasteiger charge is 2.15. The van der Waals surface area contributed by atoms with Crippen LogP contribution in [-0.2, 0) is 11.3 Å². The predicted molar refractivity (Wildman–Crippen MR) is 120 cm³/mol. The lowest BCUT2D eigenvalue weighted by molar-refractivity contribution is -0.117. The fourth-order valence-corrected chi connectivity index (χ4v) is 2.87. The Morgan fingerprint density at radius 3 is 2.67 bits per heavy atom. The van der Waals surface area contributed by atoms with Crippen molar-refractivity contribution in [2.75, 3.05) is 13.7 Å². The molecule has 0 aliphatic heterocycles. The average Bonchev–Trinajstić information content (AvgIpc) is 3.36. The van der Waals surface area contributed by atoms with E-state index in [1.54, 1.807) is 61.5 Å². The number of hydrogen-bond donors (Lipinski definition) is 1. The van der Waals surface area contributed by atoms with Crippen LogP contribution in [0, 0.1) is 11.3 Å². The number of furan rings is 1. The monoisotopic (exact) mass is 446 g/mol. The predicted octanol–water partition coefficient (Wildman–Crippen LogP) is 4.13. The molecule has 1 amide bonds. The molecular formula is C25H22N2O6. The molecule has 3 aromatic rings. The van der Waals surface area contributed by atoms with Gasteiger partial charge in [0.25, 0.3) is 5.91 Å². The summed E-state index contributed by atoms with van der Waals surface area (Å²) in [5.41, 5.74) is 0.759. The Hall–Kier alpha value is -4.51. The molecule has 0 saturated heterocycles. The Morgan fingerprint density at radius 2 is 1.97 bits per heavy atom. The Balaban J connectivity index is 1.78. The third-order valence-electron chi connectivity index (χ3n) is 4.46. The van der Waals surface area contributed by atoms with Gasteiger partial charge in [0.2, 0.25) is 0 Å². The quantitative estimate of drug-likeness (QED) is 0.228. The molecule has 0 spiro atoms. The molecule has 0 saturated carbocycles. The van der Waals surface area contributed by atoms with Crippen LogP contribution in [-0.4, -0.2) is 25.6 Å². The van der Waals surface area contributed by atoms with Gasteiger partial charge in [-0.05, 0) is 61.0 Å². The highest BCUT2D eigenvalue weighted by atomic mass is 16.6. The van der Waals surface area contributed by atoms with E-state index in [-0.39, 0.29) is 17.9 Å². The summed E-state index contributed by atoms with van der Waals surface area (Å²) in [6.45, 7) is 2.28. The minimum atomic E-state index is -0.576. The number of hydrogen-bond acceptors (Lipinski definition) is 7. The molecule has 2 aromatic carbocycles. The molecule has 33 heavy (non-hydrogen) atoms. The first kappa shape index (κ1) is 23.2. The number of esters is 1. The van der Waals surface area contributed by atoms with Crippen molar-refractivity contribution in [1.82, 2.24) is 5.32 Å². The van der Waals surface area contributed by atoms with E-state index in [2.05, 4.69) is 5.32 Å². The number of ether oxygens (including phenoxy) is 3. The molecule has 0 unspecified atom stereocenters. The van der Waals surface area contributed by atoms with Gasteiger partial charge in [0, 0.05) is 0 Å². The van der Waals surface area contributed by atoms with Gasteiger partial charge in [-0.1, -0.05) is 12.1 Å². The van der Waals surface area contributed by atoms with Gasteiger partial charge in [0.05, 0.1) is 32.1 Å². The number of carbonyl (C=O) groups excluding carboxylic acids is 2. The summed E-state index contributed by atoms with van der Waals surface area (Å²) in [4.78, 5) is 24.9. The van der Waals surface area contributed by atoms with Gasteiger partial charge < -0.3 is 23.9 Å². The molecule has 0 fully saturated rings. The maximum Gasteiger partial charge on any atom is 0.343 e. The van der Waals surface area contributed by atoms with Crippen molar-refractivity contribution in [2.24, 2.45) is 0 Å². The van der Waals surface area contributed by atoms with E-state index >= 15 is 0 Å². The zero-order valence-electron chi connectivity index (χ0n) is 18.2. The average molecular weight is 446 g/mol. The van der Waals surface area contributed by atoms with E-state index in [0.29, 0.717) is 35.0 Å². The fraction of sp³-hybridized carbons (Fsp3) is 0.160. The van der Waals surface area contributed by atoms with Crippen molar-refractivity contribution in [3.05, 3.63) is 83.3 Å². The summed E-state index contributed by atoms with van der Waals surface area (Å²) in [5, 5.41) is 12.0. The fourth-order valence-electron chi connectivity index (χ4n) is 2.87. The molecule has 168 valence electrons. The van der Waals surface area contributed by atoms with Gasteiger partial charge in [-0.25, -0.2) is 4.79 Å². The zero-order chi connectivity index (χ0) is 23.6. The van der Waals surface area contributed by atoms with E-state index in [4.69, 9.17) is 18.6 Å². The largest absolute Gasteiger partial charge is 0.497 e. The van der Waals surface area contributed by atoms with Crippen LogP contribution in [0.15, 0.2) is 70.9 Å². The zero-order valence-corrected chi connectivity index (χ0v) is 18.2. The molecule has 8 heteroatoms. The molecule has 0 atom stereocenters. The lowest BCUT2D eigenvalue weighted by Gasteiger charge is -2.12. The molecule has 8 nitrogen and oxygen atoms in total. The molecule has 0 radical (unpaired) electrons. The number of rotatable bonds is 9. The van der Waals surface area contributed by atoms with Gasteiger partial charge in [-0.3, -0.25) is 4.79 Å². The number of nitrogens with zero attached hydrogens (tertiary/aromatic N) is 1. The smallest absolute Gasteiger partial charge is 0.343 e. The Kier molecular flexibility index (Phi) is 7.86. The van der Waals surface area contributed by atoms with Crippen LogP contribution in [0.25, 0.3) is 6.08 Å². The summed E-state index contributed by atoms with van der Waals surface area (Å²) in [7, 11) is 1.51. The Morgan fingerprint density at radius 1 is 1.12 bits per heavy atom. The number of methoxy groups -OCH3 is 1. The van der Waals surface area contributed by atoms with Gasteiger partial charge in [-0.15, -0.1) is 0 Å². The van der Waals surface area contributed by atoms with Gasteiger partial charge in [-0.2, -0.15) is 5.26 Å². The number of nitriles is 1. The third kappa shape index (κ3) is 6.24. The van der Waals surface area contributed by atoms with Crippen molar-refractivity contribution < 1.29 is 28.2 Å². The molecule has 3 rings (SSSR count). The Bertz CT molecular complexity index is 1190. The molecule has 1 heterocycles. The minimum Gasteiger partial charge on any atom is -0.497 e. The minimum absolute atomic E-state index is 0.0925. The van der Waals surface area contributed by atoms with E-state index in [1.807, 2.05) is 6.07 Å². The van der Waals surface area contributed by atoms with Crippen LogP contribution in [0.1, 0.15) is 28.6 Å². The molecular weight excluding hydrogens is 424 g/mol. The standard InChI is InChI=1S/C25H22N2O6/c1-3-31-23-13-17(12-19(15-26)24(28)27-16-21-8-5-11-32-21)9-10-22(23)33-25(29)18-6-4-7-20(14-18)30-2/h4-14H,3,16H2,1-2H3,(H,27,28)/b19-12+. The molecule has 1 N–H and O–H groups in total. The second-order valence-electron chi connectivity index (χ2n) is 6.69.